The van der Waals surface area contributed by atoms with Crippen molar-refractivity contribution in [2.24, 2.45) is 5.41 Å². The number of likely N-dealkylation sites (N-methyl/N-ethyl adjacent to an activating group) is 1. The molecule has 1 saturated heterocycles. The minimum atomic E-state index is -0.180. The van der Waals surface area contributed by atoms with Gasteiger partial charge in [0.2, 0.25) is 0 Å². The van der Waals surface area contributed by atoms with Crippen LogP contribution in [0.25, 0.3) is 0 Å². The summed E-state index contributed by atoms with van der Waals surface area (Å²) in [5.41, 5.74) is -0.180. The number of hydrogen-bond donors (Lipinski definition) is 0. The van der Waals surface area contributed by atoms with Gasteiger partial charge in [0.1, 0.15) is 5.78 Å². The highest BCUT2D eigenvalue weighted by Gasteiger charge is 2.26. The fourth-order valence-electron chi connectivity index (χ4n) is 2.07. The van der Waals surface area contributed by atoms with Crippen molar-refractivity contribution in [3.63, 3.8) is 0 Å². The van der Waals surface area contributed by atoms with E-state index in [2.05, 4.69) is 23.9 Å². The van der Waals surface area contributed by atoms with E-state index in [4.69, 9.17) is 0 Å². The molecule has 0 saturated carbocycles. The lowest BCUT2D eigenvalue weighted by Crippen LogP contribution is -2.33. The van der Waals surface area contributed by atoms with Gasteiger partial charge in [-0.2, -0.15) is 0 Å². The minimum absolute atomic E-state index is 0.180. The molecule has 1 fully saturated rings. The van der Waals surface area contributed by atoms with Gasteiger partial charge in [-0.15, -0.1) is 0 Å². The van der Waals surface area contributed by atoms with Gasteiger partial charge < -0.3 is 9.80 Å². The average molecular weight is 226 g/mol. The van der Waals surface area contributed by atoms with E-state index in [1.165, 1.54) is 6.42 Å². The van der Waals surface area contributed by atoms with Crippen LogP contribution in [0.2, 0.25) is 0 Å². The molecule has 0 N–H and O–H groups in total. The van der Waals surface area contributed by atoms with Crippen LogP contribution < -0.4 is 0 Å². The molecule has 3 nitrogen and oxygen atoms in total. The van der Waals surface area contributed by atoms with Crippen molar-refractivity contribution >= 4 is 5.78 Å². The number of likely N-dealkylation sites (tertiary alicyclic amines) is 1. The Morgan fingerprint density at radius 3 is 2.44 bits per heavy atom. The maximum atomic E-state index is 11.8. The first-order valence-corrected chi connectivity index (χ1v) is 6.23. The summed E-state index contributed by atoms with van der Waals surface area (Å²) in [6.45, 7) is 9.19. The molecule has 0 aromatic carbocycles. The SMILES string of the molecule is CN(C)C1CCN(CCC(=O)C(C)(C)C)C1. The quantitative estimate of drug-likeness (QED) is 0.728. The van der Waals surface area contributed by atoms with Crippen LogP contribution in [0.1, 0.15) is 33.6 Å². The van der Waals surface area contributed by atoms with Crippen molar-refractivity contribution in [3.8, 4) is 0 Å². The first-order valence-electron chi connectivity index (χ1n) is 6.23. The summed E-state index contributed by atoms with van der Waals surface area (Å²) in [7, 11) is 4.27. The van der Waals surface area contributed by atoms with E-state index in [1.807, 2.05) is 20.8 Å². The molecular weight excluding hydrogens is 200 g/mol. The number of hydrogen-bond acceptors (Lipinski definition) is 3. The number of carbonyl (C=O) groups excluding carboxylic acids is 1. The van der Waals surface area contributed by atoms with Gasteiger partial charge in [0.25, 0.3) is 0 Å². The van der Waals surface area contributed by atoms with E-state index in [0.717, 1.165) is 19.6 Å². The third kappa shape index (κ3) is 3.87. The van der Waals surface area contributed by atoms with Crippen LogP contribution in [0.15, 0.2) is 0 Å². The Kier molecular flexibility index (Phi) is 4.51. The molecule has 94 valence electrons. The van der Waals surface area contributed by atoms with Gasteiger partial charge in [0.15, 0.2) is 0 Å². The number of nitrogens with zero attached hydrogens (tertiary/aromatic N) is 2. The second-order valence-electron chi connectivity index (χ2n) is 6.13. The zero-order valence-corrected chi connectivity index (χ0v) is 11.4. The zero-order chi connectivity index (χ0) is 12.3. The van der Waals surface area contributed by atoms with Crippen molar-refractivity contribution in [2.75, 3.05) is 33.7 Å². The predicted octanol–water partition coefficient (Wildman–Crippen LogP) is 1.63. The van der Waals surface area contributed by atoms with E-state index < -0.39 is 0 Å². The molecule has 0 aromatic rings. The van der Waals surface area contributed by atoms with Crippen LogP contribution in [0.4, 0.5) is 0 Å². The summed E-state index contributed by atoms with van der Waals surface area (Å²) >= 11 is 0. The molecule has 1 atom stereocenters. The van der Waals surface area contributed by atoms with E-state index >= 15 is 0 Å². The number of rotatable bonds is 4. The molecule has 0 aromatic heterocycles. The van der Waals surface area contributed by atoms with Crippen molar-refractivity contribution < 1.29 is 4.79 Å². The van der Waals surface area contributed by atoms with Crippen LogP contribution in [-0.4, -0.2) is 55.4 Å². The molecule has 0 spiro atoms. The third-order valence-electron chi connectivity index (χ3n) is 3.47. The second-order valence-corrected chi connectivity index (χ2v) is 6.13. The highest BCUT2D eigenvalue weighted by molar-refractivity contribution is 5.83. The van der Waals surface area contributed by atoms with Gasteiger partial charge in [-0.1, -0.05) is 20.8 Å². The second kappa shape index (κ2) is 5.28. The molecule has 1 unspecified atom stereocenters. The van der Waals surface area contributed by atoms with E-state index in [1.54, 1.807) is 0 Å². The lowest BCUT2D eigenvalue weighted by Gasteiger charge is -2.22. The van der Waals surface area contributed by atoms with Crippen LogP contribution in [0.3, 0.4) is 0 Å². The molecule has 0 aliphatic carbocycles. The van der Waals surface area contributed by atoms with Gasteiger partial charge in [0, 0.05) is 31.0 Å². The Balaban J connectivity index is 2.28. The summed E-state index contributed by atoms with van der Waals surface area (Å²) in [5.74, 6) is 0.376. The van der Waals surface area contributed by atoms with Crippen molar-refractivity contribution in [1.82, 2.24) is 9.80 Å². The normalized spacial score (nSPS) is 23.0. The Morgan fingerprint density at radius 1 is 1.38 bits per heavy atom. The maximum Gasteiger partial charge on any atom is 0.139 e. The molecule has 16 heavy (non-hydrogen) atoms. The van der Waals surface area contributed by atoms with Crippen molar-refractivity contribution in [3.05, 3.63) is 0 Å². The van der Waals surface area contributed by atoms with Gasteiger partial charge in [-0.3, -0.25) is 4.79 Å². The third-order valence-corrected chi connectivity index (χ3v) is 3.47. The van der Waals surface area contributed by atoms with Gasteiger partial charge >= 0.3 is 0 Å². The zero-order valence-electron chi connectivity index (χ0n) is 11.4. The van der Waals surface area contributed by atoms with Gasteiger partial charge in [-0.05, 0) is 27.1 Å². The smallest absolute Gasteiger partial charge is 0.139 e. The summed E-state index contributed by atoms with van der Waals surface area (Å²) in [6.07, 6.45) is 1.93. The maximum absolute atomic E-state index is 11.8. The summed E-state index contributed by atoms with van der Waals surface area (Å²) in [5, 5.41) is 0. The molecule has 0 amide bonds. The lowest BCUT2D eigenvalue weighted by molar-refractivity contribution is -0.126. The van der Waals surface area contributed by atoms with Crippen molar-refractivity contribution in [1.29, 1.82) is 0 Å². The Labute approximate surface area is 99.8 Å². The summed E-state index contributed by atoms with van der Waals surface area (Å²) in [4.78, 5) is 16.5. The van der Waals surface area contributed by atoms with Crippen LogP contribution in [-0.2, 0) is 4.79 Å². The number of carbonyl (C=O) groups is 1. The number of ketones is 1. The Morgan fingerprint density at radius 2 is 2.00 bits per heavy atom. The molecule has 0 bridgehead atoms. The topological polar surface area (TPSA) is 23.6 Å². The van der Waals surface area contributed by atoms with E-state index in [-0.39, 0.29) is 5.41 Å². The summed E-state index contributed by atoms with van der Waals surface area (Å²) in [6, 6.07) is 0.671. The standard InChI is InChI=1S/C13H26N2O/c1-13(2,3)12(16)7-9-15-8-6-11(10-15)14(4)5/h11H,6-10H2,1-5H3. The fraction of sp³-hybridized carbons (Fsp3) is 0.923. The molecule has 1 heterocycles. The number of Topliss-reactive ketones (excluding diaryl/α,β-unsaturated/α-hetero) is 1. The Bertz CT molecular complexity index is 243. The first kappa shape index (κ1) is 13.7. The lowest BCUT2D eigenvalue weighted by atomic mass is 9.89. The average Bonchev–Trinajstić information content (AvgIpc) is 2.60. The monoisotopic (exact) mass is 226 g/mol. The fourth-order valence-corrected chi connectivity index (χ4v) is 2.07. The van der Waals surface area contributed by atoms with Gasteiger partial charge in [-0.25, -0.2) is 0 Å². The molecule has 1 aliphatic rings. The van der Waals surface area contributed by atoms with Crippen LogP contribution >= 0.6 is 0 Å². The van der Waals surface area contributed by atoms with E-state index in [9.17, 15) is 4.79 Å². The minimum Gasteiger partial charge on any atom is -0.305 e. The molecule has 3 heteroatoms. The Hall–Kier alpha value is -0.410. The summed E-state index contributed by atoms with van der Waals surface area (Å²) < 4.78 is 0. The van der Waals surface area contributed by atoms with E-state index in [0.29, 0.717) is 18.2 Å². The molecule has 0 radical (unpaired) electrons. The highest BCUT2D eigenvalue weighted by Crippen LogP contribution is 2.18. The largest absolute Gasteiger partial charge is 0.305 e. The van der Waals surface area contributed by atoms with Crippen LogP contribution in [0, 0.1) is 5.41 Å². The molecule has 1 aliphatic heterocycles. The van der Waals surface area contributed by atoms with Crippen LogP contribution in [0.5, 0.6) is 0 Å². The van der Waals surface area contributed by atoms with Gasteiger partial charge in [0.05, 0.1) is 0 Å². The molecule has 1 rings (SSSR count). The highest BCUT2D eigenvalue weighted by atomic mass is 16.1. The van der Waals surface area contributed by atoms with Crippen molar-refractivity contribution in [2.45, 2.75) is 39.7 Å². The molecular formula is C13H26N2O. The first-order chi connectivity index (χ1) is 7.30. The predicted molar refractivity (Wildman–Crippen MR) is 67.6 cm³/mol.